The van der Waals surface area contributed by atoms with Crippen LogP contribution in [-0.4, -0.2) is 21.2 Å². The second-order valence-electron chi connectivity index (χ2n) is 3.58. The van der Waals surface area contributed by atoms with Gasteiger partial charge in [-0.2, -0.15) is 0 Å². The zero-order chi connectivity index (χ0) is 11.5. The number of aliphatic hydroxyl groups is 1. The molecule has 0 unspecified atom stereocenters. The summed E-state index contributed by atoms with van der Waals surface area (Å²) in [6.07, 6.45) is 0.199. The number of fused-ring (bicyclic) bond motifs is 1. The fourth-order valence-corrected chi connectivity index (χ4v) is 1.55. The van der Waals surface area contributed by atoms with Crippen molar-refractivity contribution in [2.45, 2.75) is 12.5 Å². The SMILES string of the molecule is O=C(O)C[C@@H](O)c1cnc2ccccc2c1. The number of nitrogens with zero attached hydrogens (tertiary/aromatic N) is 1. The summed E-state index contributed by atoms with van der Waals surface area (Å²) in [5.41, 5.74) is 1.36. The third-order valence-corrected chi connectivity index (χ3v) is 2.36. The minimum atomic E-state index is -1.03. The van der Waals surface area contributed by atoms with Gasteiger partial charge in [0.05, 0.1) is 18.0 Å². The lowest BCUT2D eigenvalue weighted by molar-refractivity contribution is -0.139. The number of carbonyl (C=O) groups is 1. The Morgan fingerprint density at radius 2 is 2.12 bits per heavy atom. The van der Waals surface area contributed by atoms with E-state index in [4.69, 9.17) is 5.11 Å². The normalized spacial score (nSPS) is 12.6. The van der Waals surface area contributed by atoms with Crippen LogP contribution in [0.15, 0.2) is 36.5 Å². The van der Waals surface area contributed by atoms with Gasteiger partial charge in [0.1, 0.15) is 0 Å². The molecule has 16 heavy (non-hydrogen) atoms. The molecule has 0 spiro atoms. The van der Waals surface area contributed by atoms with Gasteiger partial charge in [0.15, 0.2) is 0 Å². The highest BCUT2D eigenvalue weighted by atomic mass is 16.4. The van der Waals surface area contributed by atoms with Crippen LogP contribution in [0.25, 0.3) is 10.9 Å². The van der Waals surface area contributed by atoms with E-state index in [-0.39, 0.29) is 6.42 Å². The summed E-state index contributed by atoms with van der Waals surface area (Å²) in [6, 6.07) is 9.25. The van der Waals surface area contributed by atoms with Crippen LogP contribution in [0, 0.1) is 0 Å². The Hall–Kier alpha value is -1.94. The lowest BCUT2D eigenvalue weighted by Gasteiger charge is -2.08. The number of hydrogen-bond acceptors (Lipinski definition) is 3. The topological polar surface area (TPSA) is 70.4 Å². The molecular formula is C12H11NO3. The maximum atomic E-state index is 10.5. The molecule has 1 atom stereocenters. The Morgan fingerprint density at radius 3 is 2.88 bits per heavy atom. The van der Waals surface area contributed by atoms with E-state index in [1.807, 2.05) is 24.3 Å². The van der Waals surface area contributed by atoms with E-state index in [0.717, 1.165) is 10.9 Å². The number of aliphatic hydroxyl groups excluding tert-OH is 1. The molecule has 0 aliphatic heterocycles. The van der Waals surface area contributed by atoms with E-state index in [2.05, 4.69) is 4.98 Å². The highest BCUT2D eigenvalue weighted by Crippen LogP contribution is 2.20. The molecule has 0 aliphatic carbocycles. The number of carboxylic acid groups (broad SMARTS) is 1. The summed E-state index contributed by atoms with van der Waals surface area (Å²) in [7, 11) is 0. The Balaban J connectivity index is 2.35. The van der Waals surface area contributed by atoms with Crippen molar-refractivity contribution in [1.29, 1.82) is 0 Å². The molecule has 0 fully saturated rings. The van der Waals surface area contributed by atoms with E-state index in [1.54, 1.807) is 6.07 Å². The van der Waals surface area contributed by atoms with Crippen LogP contribution < -0.4 is 0 Å². The van der Waals surface area contributed by atoms with Crippen molar-refractivity contribution in [3.63, 3.8) is 0 Å². The number of carboxylic acids is 1. The molecule has 4 heteroatoms. The zero-order valence-corrected chi connectivity index (χ0v) is 8.50. The molecule has 2 N–H and O–H groups in total. The molecule has 82 valence electrons. The van der Waals surface area contributed by atoms with Crippen LogP contribution in [0.2, 0.25) is 0 Å². The van der Waals surface area contributed by atoms with Crippen molar-refractivity contribution in [3.8, 4) is 0 Å². The number of aromatic nitrogens is 1. The second-order valence-corrected chi connectivity index (χ2v) is 3.58. The Kier molecular flexibility index (Phi) is 2.83. The lowest BCUT2D eigenvalue weighted by Crippen LogP contribution is -2.05. The molecule has 1 aromatic carbocycles. The van der Waals surface area contributed by atoms with E-state index in [0.29, 0.717) is 5.56 Å². The van der Waals surface area contributed by atoms with Crippen LogP contribution >= 0.6 is 0 Å². The minimum absolute atomic E-state index is 0.306. The highest BCUT2D eigenvalue weighted by molar-refractivity contribution is 5.79. The molecule has 1 heterocycles. The van der Waals surface area contributed by atoms with Gasteiger partial charge in [-0.05, 0) is 12.1 Å². The summed E-state index contributed by atoms with van der Waals surface area (Å²) >= 11 is 0. The zero-order valence-electron chi connectivity index (χ0n) is 8.50. The van der Waals surface area contributed by atoms with Crippen molar-refractivity contribution < 1.29 is 15.0 Å². The molecule has 0 aliphatic rings. The molecule has 4 nitrogen and oxygen atoms in total. The van der Waals surface area contributed by atoms with Gasteiger partial charge in [0, 0.05) is 17.1 Å². The average molecular weight is 217 g/mol. The number of pyridine rings is 1. The summed E-state index contributed by atoms with van der Waals surface area (Å²) in [5, 5.41) is 19.1. The third kappa shape index (κ3) is 2.17. The molecular weight excluding hydrogens is 206 g/mol. The van der Waals surface area contributed by atoms with Crippen molar-refractivity contribution >= 4 is 16.9 Å². The number of aliphatic carboxylic acids is 1. The molecule has 0 radical (unpaired) electrons. The standard InChI is InChI=1S/C12H11NO3/c14-11(6-12(15)16)9-5-8-3-1-2-4-10(8)13-7-9/h1-5,7,11,14H,6H2,(H,15,16)/t11-/m1/s1. The van der Waals surface area contributed by atoms with Crippen molar-refractivity contribution in [2.75, 3.05) is 0 Å². The molecule has 1 aromatic heterocycles. The van der Waals surface area contributed by atoms with Gasteiger partial charge in [-0.1, -0.05) is 18.2 Å². The van der Waals surface area contributed by atoms with E-state index >= 15 is 0 Å². The monoisotopic (exact) mass is 217 g/mol. The number of para-hydroxylation sites is 1. The Bertz CT molecular complexity index is 524. The molecule has 0 saturated carbocycles. The van der Waals surface area contributed by atoms with Crippen LogP contribution in [0.3, 0.4) is 0 Å². The molecule has 2 aromatic rings. The highest BCUT2D eigenvalue weighted by Gasteiger charge is 2.12. The van der Waals surface area contributed by atoms with Crippen LogP contribution in [0.5, 0.6) is 0 Å². The van der Waals surface area contributed by atoms with E-state index < -0.39 is 12.1 Å². The number of rotatable bonds is 3. The fourth-order valence-electron chi connectivity index (χ4n) is 1.55. The molecule has 0 amide bonds. The van der Waals surface area contributed by atoms with Gasteiger partial charge in [0.2, 0.25) is 0 Å². The summed E-state index contributed by atoms with van der Waals surface area (Å²) in [5.74, 6) is -1.03. The smallest absolute Gasteiger partial charge is 0.306 e. The minimum Gasteiger partial charge on any atom is -0.481 e. The summed E-state index contributed by atoms with van der Waals surface area (Å²) < 4.78 is 0. The lowest BCUT2D eigenvalue weighted by atomic mass is 10.1. The van der Waals surface area contributed by atoms with Crippen molar-refractivity contribution in [3.05, 3.63) is 42.1 Å². The molecule has 0 saturated heterocycles. The summed E-state index contributed by atoms with van der Waals surface area (Å²) in [6.45, 7) is 0. The quantitative estimate of drug-likeness (QED) is 0.821. The second kappa shape index (κ2) is 4.28. The molecule has 0 bridgehead atoms. The van der Waals surface area contributed by atoms with E-state index in [9.17, 15) is 9.90 Å². The number of hydrogen-bond donors (Lipinski definition) is 2. The van der Waals surface area contributed by atoms with Crippen molar-refractivity contribution in [2.24, 2.45) is 0 Å². The summed E-state index contributed by atoms with van der Waals surface area (Å²) in [4.78, 5) is 14.6. The van der Waals surface area contributed by atoms with Crippen LogP contribution in [-0.2, 0) is 4.79 Å². The maximum absolute atomic E-state index is 10.5. The molecule has 2 rings (SSSR count). The first kappa shape index (κ1) is 10.6. The predicted octanol–water partition coefficient (Wildman–Crippen LogP) is 1.74. The largest absolute Gasteiger partial charge is 0.481 e. The van der Waals surface area contributed by atoms with Crippen LogP contribution in [0.4, 0.5) is 0 Å². The van der Waals surface area contributed by atoms with Gasteiger partial charge < -0.3 is 10.2 Å². The van der Waals surface area contributed by atoms with Crippen molar-refractivity contribution in [1.82, 2.24) is 4.98 Å². The van der Waals surface area contributed by atoms with Gasteiger partial charge in [-0.25, -0.2) is 0 Å². The third-order valence-electron chi connectivity index (χ3n) is 2.36. The average Bonchev–Trinajstić information content (AvgIpc) is 2.27. The van der Waals surface area contributed by atoms with Gasteiger partial charge >= 0.3 is 5.97 Å². The maximum Gasteiger partial charge on any atom is 0.306 e. The predicted molar refractivity (Wildman–Crippen MR) is 59.0 cm³/mol. The number of benzene rings is 1. The first-order valence-electron chi connectivity index (χ1n) is 4.91. The van der Waals surface area contributed by atoms with Gasteiger partial charge in [-0.15, -0.1) is 0 Å². The Morgan fingerprint density at radius 1 is 1.38 bits per heavy atom. The first-order valence-corrected chi connectivity index (χ1v) is 4.91. The van der Waals surface area contributed by atoms with Crippen LogP contribution in [0.1, 0.15) is 18.1 Å². The fraction of sp³-hybridized carbons (Fsp3) is 0.167. The van der Waals surface area contributed by atoms with Gasteiger partial charge in [-0.3, -0.25) is 9.78 Å². The van der Waals surface area contributed by atoms with Gasteiger partial charge in [0.25, 0.3) is 0 Å². The Labute approximate surface area is 92.2 Å². The van der Waals surface area contributed by atoms with E-state index in [1.165, 1.54) is 6.20 Å². The first-order chi connectivity index (χ1) is 7.66.